The van der Waals surface area contributed by atoms with Crippen LogP contribution in [0.3, 0.4) is 0 Å². The number of carbonyl (C=O) groups excluding carboxylic acids is 1. The van der Waals surface area contributed by atoms with Crippen LogP contribution in [0, 0.1) is 0 Å². The first-order chi connectivity index (χ1) is 8.17. The van der Waals surface area contributed by atoms with Gasteiger partial charge >= 0.3 is 0 Å². The standard InChI is InChI=1S/C13H18N2O2/c1-3-7-15-10-8-9(14)5-6-12(10)17-11(4-2)13(15)16/h5-6,8,11H,3-4,7,14H2,1-2H3. The Bertz CT molecular complexity index is 431. The average molecular weight is 234 g/mol. The lowest BCUT2D eigenvalue weighted by molar-refractivity contribution is -0.126. The fraction of sp³-hybridized carbons (Fsp3) is 0.462. The second-order valence-corrected chi connectivity index (χ2v) is 4.23. The minimum absolute atomic E-state index is 0.0347. The first-order valence-corrected chi connectivity index (χ1v) is 6.05. The van der Waals surface area contributed by atoms with E-state index in [0.717, 1.165) is 17.9 Å². The third kappa shape index (κ3) is 2.07. The van der Waals surface area contributed by atoms with Gasteiger partial charge in [0.25, 0.3) is 5.91 Å². The van der Waals surface area contributed by atoms with Crippen LogP contribution in [-0.2, 0) is 4.79 Å². The molecule has 1 atom stereocenters. The van der Waals surface area contributed by atoms with Gasteiger partial charge in [0, 0.05) is 12.2 Å². The molecule has 1 unspecified atom stereocenters. The van der Waals surface area contributed by atoms with Crippen LogP contribution in [0.15, 0.2) is 18.2 Å². The highest BCUT2D eigenvalue weighted by Gasteiger charge is 2.32. The van der Waals surface area contributed by atoms with E-state index in [-0.39, 0.29) is 12.0 Å². The molecule has 4 heteroatoms. The second kappa shape index (κ2) is 4.65. The molecule has 0 aliphatic carbocycles. The molecule has 1 heterocycles. The zero-order chi connectivity index (χ0) is 12.4. The fourth-order valence-electron chi connectivity index (χ4n) is 2.05. The molecule has 1 aliphatic heterocycles. The number of amides is 1. The van der Waals surface area contributed by atoms with Gasteiger partial charge in [0.15, 0.2) is 6.10 Å². The Kier molecular flexibility index (Phi) is 3.22. The summed E-state index contributed by atoms with van der Waals surface area (Å²) in [5.74, 6) is 0.784. The fourth-order valence-corrected chi connectivity index (χ4v) is 2.05. The number of nitrogens with zero attached hydrogens (tertiary/aromatic N) is 1. The molecule has 92 valence electrons. The predicted octanol–water partition coefficient (Wildman–Crippen LogP) is 2.18. The van der Waals surface area contributed by atoms with Crippen LogP contribution in [0.4, 0.5) is 11.4 Å². The van der Waals surface area contributed by atoms with Crippen molar-refractivity contribution >= 4 is 17.3 Å². The summed E-state index contributed by atoms with van der Waals surface area (Å²) in [5, 5.41) is 0. The maximum Gasteiger partial charge on any atom is 0.268 e. The number of ether oxygens (including phenoxy) is 1. The number of fused-ring (bicyclic) bond motifs is 1. The first-order valence-electron chi connectivity index (χ1n) is 6.05. The van der Waals surface area contributed by atoms with E-state index < -0.39 is 0 Å². The van der Waals surface area contributed by atoms with E-state index in [4.69, 9.17) is 10.5 Å². The van der Waals surface area contributed by atoms with Crippen molar-refractivity contribution in [2.24, 2.45) is 0 Å². The molecule has 0 spiro atoms. The predicted molar refractivity (Wildman–Crippen MR) is 68.2 cm³/mol. The molecular weight excluding hydrogens is 216 g/mol. The summed E-state index contributed by atoms with van der Waals surface area (Å²) >= 11 is 0. The number of benzene rings is 1. The Morgan fingerprint density at radius 2 is 2.18 bits per heavy atom. The lowest BCUT2D eigenvalue weighted by atomic mass is 10.1. The summed E-state index contributed by atoms with van der Waals surface area (Å²) in [6.07, 6.45) is 1.23. The first kappa shape index (κ1) is 11.8. The second-order valence-electron chi connectivity index (χ2n) is 4.23. The highest BCUT2D eigenvalue weighted by Crippen LogP contribution is 2.36. The Hall–Kier alpha value is -1.71. The molecule has 2 N–H and O–H groups in total. The smallest absolute Gasteiger partial charge is 0.268 e. The topological polar surface area (TPSA) is 55.6 Å². The highest BCUT2D eigenvalue weighted by molar-refractivity contribution is 6.00. The van der Waals surface area contributed by atoms with Gasteiger partial charge in [-0.25, -0.2) is 0 Å². The molecule has 1 amide bonds. The summed E-state index contributed by atoms with van der Waals surface area (Å²) < 4.78 is 5.68. The molecule has 17 heavy (non-hydrogen) atoms. The number of hydrogen-bond donors (Lipinski definition) is 1. The van der Waals surface area contributed by atoms with Gasteiger partial charge in [-0.15, -0.1) is 0 Å². The molecule has 0 bridgehead atoms. The van der Waals surface area contributed by atoms with E-state index in [2.05, 4.69) is 6.92 Å². The number of carbonyl (C=O) groups is 1. The van der Waals surface area contributed by atoms with E-state index in [9.17, 15) is 4.79 Å². The summed E-state index contributed by atoms with van der Waals surface area (Å²) in [5.41, 5.74) is 7.20. The largest absolute Gasteiger partial charge is 0.478 e. The van der Waals surface area contributed by atoms with Crippen molar-refractivity contribution in [1.82, 2.24) is 0 Å². The van der Waals surface area contributed by atoms with Gasteiger partial charge in [-0.05, 0) is 31.0 Å². The Morgan fingerprint density at radius 1 is 1.41 bits per heavy atom. The van der Waals surface area contributed by atoms with Crippen LogP contribution in [0.2, 0.25) is 0 Å². The van der Waals surface area contributed by atoms with E-state index in [1.54, 1.807) is 17.0 Å². The van der Waals surface area contributed by atoms with Crippen molar-refractivity contribution < 1.29 is 9.53 Å². The van der Waals surface area contributed by atoms with Gasteiger partial charge in [-0.2, -0.15) is 0 Å². The Morgan fingerprint density at radius 3 is 2.82 bits per heavy atom. The number of hydrogen-bond acceptors (Lipinski definition) is 3. The molecule has 0 fully saturated rings. The van der Waals surface area contributed by atoms with Gasteiger partial charge < -0.3 is 15.4 Å². The third-order valence-electron chi connectivity index (χ3n) is 2.90. The molecule has 0 saturated carbocycles. The molecule has 0 saturated heterocycles. The lowest BCUT2D eigenvalue weighted by Gasteiger charge is -2.34. The van der Waals surface area contributed by atoms with Crippen LogP contribution < -0.4 is 15.4 Å². The molecular formula is C13H18N2O2. The maximum absolute atomic E-state index is 12.2. The molecule has 1 aromatic rings. The quantitative estimate of drug-likeness (QED) is 0.815. The van der Waals surface area contributed by atoms with Crippen molar-refractivity contribution in [3.8, 4) is 5.75 Å². The van der Waals surface area contributed by atoms with Crippen LogP contribution in [0.25, 0.3) is 0 Å². The van der Waals surface area contributed by atoms with Gasteiger partial charge in [0.2, 0.25) is 0 Å². The van der Waals surface area contributed by atoms with Crippen LogP contribution in [0.5, 0.6) is 5.75 Å². The van der Waals surface area contributed by atoms with Crippen molar-refractivity contribution in [3.05, 3.63) is 18.2 Å². The van der Waals surface area contributed by atoms with Gasteiger partial charge in [-0.1, -0.05) is 13.8 Å². The molecule has 0 radical (unpaired) electrons. The SMILES string of the molecule is CCCN1C(=O)C(CC)Oc2ccc(N)cc21. The normalized spacial score (nSPS) is 18.8. The molecule has 4 nitrogen and oxygen atoms in total. The molecule has 1 aromatic carbocycles. The number of nitrogen functional groups attached to an aromatic ring is 1. The monoisotopic (exact) mass is 234 g/mol. The Balaban J connectivity index is 2.43. The Labute approximate surface area is 101 Å². The van der Waals surface area contributed by atoms with Crippen molar-refractivity contribution in [1.29, 1.82) is 0 Å². The van der Waals surface area contributed by atoms with E-state index >= 15 is 0 Å². The molecule has 0 aromatic heterocycles. The van der Waals surface area contributed by atoms with Crippen molar-refractivity contribution in [2.75, 3.05) is 17.2 Å². The van der Waals surface area contributed by atoms with Gasteiger partial charge in [0.1, 0.15) is 5.75 Å². The van der Waals surface area contributed by atoms with E-state index in [1.807, 2.05) is 13.0 Å². The van der Waals surface area contributed by atoms with Crippen molar-refractivity contribution in [2.45, 2.75) is 32.8 Å². The summed E-state index contributed by atoms with van der Waals surface area (Å²) in [6, 6.07) is 5.43. The van der Waals surface area contributed by atoms with E-state index in [1.165, 1.54) is 0 Å². The number of rotatable bonds is 3. The minimum Gasteiger partial charge on any atom is -0.478 e. The zero-order valence-electron chi connectivity index (χ0n) is 10.3. The summed E-state index contributed by atoms with van der Waals surface area (Å²) in [4.78, 5) is 14.0. The third-order valence-corrected chi connectivity index (χ3v) is 2.90. The number of anilines is 2. The summed E-state index contributed by atoms with van der Waals surface area (Å²) in [6.45, 7) is 4.71. The molecule has 1 aliphatic rings. The maximum atomic E-state index is 12.2. The van der Waals surface area contributed by atoms with Crippen LogP contribution in [0.1, 0.15) is 26.7 Å². The van der Waals surface area contributed by atoms with Gasteiger partial charge in [0.05, 0.1) is 5.69 Å². The van der Waals surface area contributed by atoms with E-state index in [0.29, 0.717) is 18.7 Å². The van der Waals surface area contributed by atoms with Gasteiger partial charge in [-0.3, -0.25) is 4.79 Å². The lowest BCUT2D eigenvalue weighted by Crippen LogP contribution is -2.46. The van der Waals surface area contributed by atoms with Crippen LogP contribution >= 0.6 is 0 Å². The zero-order valence-corrected chi connectivity index (χ0v) is 10.3. The highest BCUT2D eigenvalue weighted by atomic mass is 16.5. The van der Waals surface area contributed by atoms with Crippen LogP contribution in [-0.4, -0.2) is 18.6 Å². The minimum atomic E-state index is -0.363. The summed E-state index contributed by atoms with van der Waals surface area (Å²) in [7, 11) is 0. The van der Waals surface area contributed by atoms with Crippen molar-refractivity contribution in [3.63, 3.8) is 0 Å². The number of nitrogens with two attached hydrogens (primary N) is 1. The molecule has 2 rings (SSSR count). The average Bonchev–Trinajstić information content (AvgIpc) is 2.33.